The van der Waals surface area contributed by atoms with Crippen LogP contribution >= 0.6 is 0 Å². The van der Waals surface area contributed by atoms with Gasteiger partial charge in [-0.25, -0.2) is 9.97 Å². The van der Waals surface area contributed by atoms with Gasteiger partial charge in [-0.3, -0.25) is 4.79 Å². The zero-order chi connectivity index (χ0) is 20.9. The third-order valence-electron chi connectivity index (χ3n) is 4.90. The number of piperazine rings is 1. The number of aryl methyl sites for hydroxylation is 1. The Balaban J connectivity index is 1.36. The Kier molecular flexibility index (Phi) is 5.69. The van der Waals surface area contributed by atoms with Gasteiger partial charge in [-0.15, -0.1) is 10.2 Å². The van der Waals surface area contributed by atoms with E-state index in [0.717, 1.165) is 17.2 Å². The van der Waals surface area contributed by atoms with Crippen LogP contribution in [-0.2, 0) is 0 Å². The summed E-state index contributed by atoms with van der Waals surface area (Å²) in [6, 6.07) is 11.2. The molecule has 1 fully saturated rings. The number of pyridine rings is 2. The van der Waals surface area contributed by atoms with Crippen molar-refractivity contribution in [3.05, 3.63) is 59.9 Å². The van der Waals surface area contributed by atoms with E-state index in [9.17, 15) is 4.79 Å². The Bertz CT molecular complexity index is 1000. The summed E-state index contributed by atoms with van der Waals surface area (Å²) in [5, 5.41) is 11.7. The monoisotopic (exact) mass is 405 g/mol. The van der Waals surface area contributed by atoms with E-state index in [0.29, 0.717) is 43.4 Å². The number of methoxy groups -OCH3 is 1. The van der Waals surface area contributed by atoms with Crippen molar-refractivity contribution >= 4 is 23.4 Å². The number of hydrogen-bond donors (Lipinski definition) is 1. The number of hydrogen-bond acceptors (Lipinski definition) is 8. The van der Waals surface area contributed by atoms with E-state index in [1.807, 2.05) is 36.1 Å². The third kappa shape index (κ3) is 4.29. The molecule has 30 heavy (non-hydrogen) atoms. The molecule has 4 heterocycles. The predicted octanol–water partition coefficient (Wildman–Crippen LogP) is 2.29. The molecule has 0 aliphatic carbocycles. The second-order valence-electron chi connectivity index (χ2n) is 6.96. The highest BCUT2D eigenvalue weighted by molar-refractivity contribution is 5.96. The van der Waals surface area contributed by atoms with Crippen molar-refractivity contribution in [3.8, 4) is 5.88 Å². The summed E-state index contributed by atoms with van der Waals surface area (Å²) in [6.07, 6.45) is 3.41. The van der Waals surface area contributed by atoms with Crippen molar-refractivity contribution < 1.29 is 9.53 Å². The molecule has 9 heteroatoms. The standard InChI is InChI=1S/C21H23N7O2/c1-15-5-6-17(23-14-15)24-18-7-8-19(26-25-18)27-10-12-28(13-11-27)21(29)16-4-3-9-22-20(16)30-2/h3-9,14H,10-13H2,1-2H3,(H,23,24,25). The Morgan fingerprint density at radius 1 is 1.00 bits per heavy atom. The highest BCUT2D eigenvalue weighted by atomic mass is 16.5. The summed E-state index contributed by atoms with van der Waals surface area (Å²) < 4.78 is 5.21. The first-order valence-corrected chi connectivity index (χ1v) is 9.70. The molecule has 0 bridgehead atoms. The van der Waals surface area contributed by atoms with Gasteiger partial charge in [0.25, 0.3) is 5.91 Å². The van der Waals surface area contributed by atoms with Gasteiger partial charge in [0, 0.05) is 38.6 Å². The number of carbonyl (C=O) groups excluding carboxylic acids is 1. The SMILES string of the molecule is COc1ncccc1C(=O)N1CCN(c2ccc(Nc3ccc(C)cn3)nn2)CC1. The predicted molar refractivity (Wildman–Crippen MR) is 113 cm³/mol. The maximum atomic E-state index is 12.8. The molecule has 1 N–H and O–H groups in total. The summed E-state index contributed by atoms with van der Waals surface area (Å²) in [5.74, 6) is 2.41. The summed E-state index contributed by atoms with van der Waals surface area (Å²) >= 11 is 0. The van der Waals surface area contributed by atoms with Gasteiger partial charge in [0.15, 0.2) is 11.6 Å². The minimum absolute atomic E-state index is 0.0733. The molecule has 0 saturated carbocycles. The first-order valence-electron chi connectivity index (χ1n) is 9.70. The Morgan fingerprint density at radius 2 is 1.80 bits per heavy atom. The van der Waals surface area contributed by atoms with Crippen LogP contribution in [0.25, 0.3) is 0 Å². The minimum Gasteiger partial charge on any atom is -0.480 e. The molecule has 3 aromatic heterocycles. The molecular formula is C21H23N7O2. The van der Waals surface area contributed by atoms with Crippen molar-refractivity contribution in [2.75, 3.05) is 43.5 Å². The molecule has 9 nitrogen and oxygen atoms in total. The Labute approximate surface area is 174 Å². The van der Waals surface area contributed by atoms with E-state index < -0.39 is 0 Å². The Morgan fingerprint density at radius 3 is 2.47 bits per heavy atom. The maximum absolute atomic E-state index is 12.8. The van der Waals surface area contributed by atoms with Crippen LogP contribution in [0.3, 0.4) is 0 Å². The molecular weight excluding hydrogens is 382 g/mol. The van der Waals surface area contributed by atoms with E-state index >= 15 is 0 Å². The zero-order valence-corrected chi connectivity index (χ0v) is 16.9. The fraction of sp³-hybridized carbons (Fsp3) is 0.286. The molecule has 0 spiro atoms. The van der Waals surface area contributed by atoms with Crippen molar-refractivity contribution in [2.24, 2.45) is 0 Å². The van der Waals surface area contributed by atoms with Crippen molar-refractivity contribution in [2.45, 2.75) is 6.92 Å². The number of rotatable bonds is 5. The first kappa shape index (κ1) is 19.6. The number of aromatic nitrogens is 4. The van der Waals surface area contributed by atoms with Gasteiger partial charge in [0.2, 0.25) is 5.88 Å². The van der Waals surface area contributed by atoms with Crippen molar-refractivity contribution in [1.82, 2.24) is 25.1 Å². The van der Waals surface area contributed by atoms with Gasteiger partial charge in [0.05, 0.1) is 7.11 Å². The lowest BCUT2D eigenvalue weighted by molar-refractivity contribution is 0.0742. The van der Waals surface area contributed by atoms with Crippen LogP contribution in [0.15, 0.2) is 48.8 Å². The summed E-state index contributed by atoms with van der Waals surface area (Å²) in [6.45, 7) is 4.52. The highest BCUT2D eigenvalue weighted by Gasteiger charge is 2.25. The van der Waals surface area contributed by atoms with Crippen LogP contribution in [0.5, 0.6) is 5.88 Å². The van der Waals surface area contributed by atoms with E-state index in [1.54, 1.807) is 24.5 Å². The molecule has 154 valence electrons. The lowest BCUT2D eigenvalue weighted by atomic mass is 10.2. The first-order chi connectivity index (χ1) is 14.6. The molecule has 0 unspecified atom stereocenters. The van der Waals surface area contributed by atoms with Crippen molar-refractivity contribution in [1.29, 1.82) is 0 Å². The molecule has 0 atom stereocenters. The normalized spacial score (nSPS) is 13.8. The molecule has 4 rings (SSSR count). The smallest absolute Gasteiger partial charge is 0.259 e. The number of carbonyl (C=O) groups is 1. The molecule has 1 amide bonds. The van der Waals surface area contributed by atoms with Crippen LogP contribution in [0, 0.1) is 6.92 Å². The van der Waals surface area contributed by atoms with Crippen molar-refractivity contribution in [3.63, 3.8) is 0 Å². The maximum Gasteiger partial charge on any atom is 0.259 e. The molecule has 1 aliphatic rings. The lowest BCUT2D eigenvalue weighted by Gasteiger charge is -2.35. The average Bonchev–Trinajstić information content (AvgIpc) is 2.81. The quantitative estimate of drug-likeness (QED) is 0.691. The number of anilines is 3. The van der Waals surface area contributed by atoms with Gasteiger partial charge in [-0.2, -0.15) is 0 Å². The highest BCUT2D eigenvalue weighted by Crippen LogP contribution is 2.20. The summed E-state index contributed by atoms with van der Waals surface area (Å²) in [5.41, 5.74) is 1.58. The molecule has 0 aromatic carbocycles. The topological polar surface area (TPSA) is 96.4 Å². The van der Waals surface area contributed by atoms with Crippen LogP contribution in [0.1, 0.15) is 15.9 Å². The van der Waals surface area contributed by atoms with Crippen LogP contribution in [0.2, 0.25) is 0 Å². The fourth-order valence-electron chi connectivity index (χ4n) is 3.26. The van der Waals surface area contributed by atoms with Gasteiger partial charge >= 0.3 is 0 Å². The summed E-state index contributed by atoms with van der Waals surface area (Å²) in [7, 11) is 1.52. The average molecular weight is 405 g/mol. The number of nitrogens with zero attached hydrogens (tertiary/aromatic N) is 6. The van der Waals surface area contributed by atoms with Crippen LogP contribution in [-0.4, -0.2) is 64.3 Å². The van der Waals surface area contributed by atoms with E-state index in [-0.39, 0.29) is 5.91 Å². The van der Waals surface area contributed by atoms with Gasteiger partial charge < -0.3 is 19.9 Å². The van der Waals surface area contributed by atoms with E-state index in [2.05, 4.69) is 30.4 Å². The van der Waals surface area contributed by atoms with Gasteiger partial charge in [0.1, 0.15) is 11.4 Å². The molecule has 1 aliphatic heterocycles. The number of amides is 1. The van der Waals surface area contributed by atoms with Crippen LogP contribution < -0.4 is 15.0 Å². The third-order valence-corrected chi connectivity index (χ3v) is 4.90. The Hall–Kier alpha value is -3.75. The zero-order valence-electron chi connectivity index (χ0n) is 16.9. The molecule has 1 saturated heterocycles. The van der Waals surface area contributed by atoms with E-state index in [4.69, 9.17) is 4.74 Å². The fourth-order valence-corrected chi connectivity index (χ4v) is 3.26. The lowest BCUT2D eigenvalue weighted by Crippen LogP contribution is -2.49. The molecule has 3 aromatic rings. The molecule has 0 radical (unpaired) electrons. The van der Waals surface area contributed by atoms with Gasteiger partial charge in [-0.05, 0) is 42.8 Å². The number of ether oxygens (including phenoxy) is 1. The second-order valence-corrected chi connectivity index (χ2v) is 6.96. The van der Waals surface area contributed by atoms with E-state index in [1.165, 1.54) is 7.11 Å². The number of nitrogens with one attached hydrogen (secondary N) is 1. The summed E-state index contributed by atoms with van der Waals surface area (Å²) in [4.78, 5) is 25.1. The largest absolute Gasteiger partial charge is 0.480 e. The second kappa shape index (κ2) is 8.73. The van der Waals surface area contributed by atoms with Crippen LogP contribution in [0.4, 0.5) is 17.5 Å². The van der Waals surface area contributed by atoms with Gasteiger partial charge in [-0.1, -0.05) is 6.07 Å². The minimum atomic E-state index is -0.0733.